The standard InChI is InChI=1S/C14H15ClN4O/c1-19(2)12-4-3-9(7-11(12)16)14(20)18-10-5-6-17-13(15)8-10/h3-8H,16H2,1-2H3,(H,17,18,20). The zero-order valence-corrected chi connectivity index (χ0v) is 12.0. The van der Waals surface area contributed by atoms with Gasteiger partial charge in [-0.3, -0.25) is 4.79 Å². The van der Waals surface area contributed by atoms with Crippen LogP contribution >= 0.6 is 11.6 Å². The first kappa shape index (κ1) is 14.1. The summed E-state index contributed by atoms with van der Waals surface area (Å²) in [6.07, 6.45) is 1.53. The van der Waals surface area contributed by atoms with Crippen LogP contribution in [0.5, 0.6) is 0 Å². The molecule has 2 rings (SSSR count). The highest BCUT2D eigenvalue weighted by atomic mass is 35.5. The van der Waals surface area contributed by atoms with Gasteiger partial charge in [0.05, 0.1) is 11.4 Å². The Morgan fingerprint density at radius 2 is 2.05 bits per heavy atom. The summed E-state index contributed by atoms with van der Waals surface area (Å²) in [6.45, 7) is 0. The largest absolute Gasteiger partial charge is 0.397 e. The second kappa shape index (κ2) is 5.79. The van der Waals surface area contributed by atoms with Gasteiger partial charge >= 0.3 is 0 Å². The summed E-state index contributed by atoms with van der Waals surface area (Å²) in [7, 11) is 3.79. The fourth-order valence-corrected chi connectivity index (χ4v) is 1.96. The molecule has 0 aliphatic rings. The highest BCUT2D eigenvalue weighted by Crippen LogP contribution is 2.23. The Morgan fingerprint density at radius 3 is 2.65 bits per heavy atom. The molecule has 0 aliphatic carbocycles. The molecule has 3 N–H and O–H groups in total. The van der Waals surface area contributed by atoms with Gasteiger partial charge in [0.2, 0.25) is 0 Å². The zero-order valence-electron chi connectivity index (χ0n) is 11.2. The van der Waals surface area contributed by atoms with E-state index >= 15 is 0 Å². The Hall–Kier alpha value is -2.27. The Bertz CT molecular complexity index is 643. The maximum Gasteiger partial charge on any atom is 0.255 e. The van der Waals surface area contributed by atoms with Crippen molar-refractivity contribution in [3.63, 3.8) is 0 Å². The zero-order chi connectivity index (χ0) is 14.7. The first-order chi connectivity index (χ1) is 9.47. The lowest BCUT2D eigenvalue weighted by Crippen LogP contribution is -2.15. The van der Waals surface area contributed by atoms with Gasteiger partial charge in [-0.15, -0.1) is 0 Å². The maximum atomic E-state index is 12.1. The molecule has 1 aromatic heterocycles. The monoisotopic (exact) mass is 290 g/mol. The minimum absolute atomic E-state index is 0.246. The first-order valence-electron chi connectivity index (χ1n) is 5.97. The number of nitrogens with two attached hydrogens (primary N) is 1. The number of carbonyl (C=O) groups is 1. The van der Waals surface area contributed by atoms with Crippen LogP contribution in [0.15, 0.2) is 36.5 Å². The van der Waals surface area contributed by atoms with Crippen molar-refractivity contribution in [3.8, 4) is 0 Å². The predicted octanol–water partition coefficient (Wildman–Crippen LogP) is 2.64. The number of hydrogen-bond donors (Lipinski definition) is 2. The third-order valence-corrected chi connectivity index (χ3v) is 2.96. The van der Waals surface area contributed by atoms with Crippen molar-refractivity contribution in [2.45, 2.75) is 0 Å². The molecular weight excluding hydrogens is 276 g/mol. The van der Waals surface area contributed by atoms with Crippen LogP contribution in [-0.4, -0.2) is 25.0 Å². The minimum atomic E-state index is -0.246. The van der Waals surface area contributed by atoms with Gasteiger partial charge in [-0.1, -0.05) is 11.6 Å². The predicted molar refractivity (Wildman–Crippen MR) is 82.4 cm³/mol. The van der Waals surface area contributed by atoms with Crippen LogP contribution in [0.3, 0.4) is 0 Å². The third-order valence-electron chi connectivity index (χ3n) is 2.76. The van der Waals surface area contributed by atoms with Crippen molar-refractivity contribution in [2.75, 3.05) is 30.0 Å². The number of hydrogen-bond acceptors (Lipinski definition) is 4. The molecule has 0 fully saturated rings. The lowest BCUT2D eigenvalue weighted by molar-refractivity contribution is 0.102. The summed E-state index contributed by atoms with van der Waals surface area (Å²) < 4.78 is 0. The third kappa shape index (κ3) is 3.19. The molecule has 0 unspecified atom stereocenters. The highest BCUT2D eigenvalue weighted by molar-refractivity contribution is 6.29. The lowest BCUT2D eigenvalue weighted by atomic mass is 10.1. The smallest absolute Gasteiger partial charge is 0.255 e. The molecule has 0 bridgehead atoms. The number of aromatic nitrogens is 1. The van der Waals surface area contributed by atoms with Crippen LogP contribution in [0, 0.1) is 0 Å². The van der Waals surface area contributed by atoms with E-state index in [-0.39, 0.29) is 5.91 Å². The van der Waals surface area contributed by atoms with Crippen molar-refractivity contribution in [1.29, 1.82) is 0 Å². The molecule has 1 amide bonds. The molecule has 104 valence electrons. The number of carbonyl (C=O) groups excluding carboxylic acids is 1. The van der Waals surface area contributed by atoms with E-state index in [2.05, 4.69) is 10.3 Å². The number of pyridine rings is 1. The molecule has 0 saturated heterocycles. The topological polar surface area (TPSA) is 71.2 Å². The van der Waals surface area contributed by atoms with Gasteiger partial charge in [-0.05, 0) is 30.3 Å². The summed E-state index contributed by atoms with van der Waals surface area (Å²) in [6, 6.07) is 8.43. The summed E-state index contributed by atoms with van der Waals surface area (Å²) in [5.41, 5.74) is 8.42. The molecule has 20 heavy (non-hydrogen) atoms. The van der Waals surface area contributed by atoms with Gasteiger partial charge in [-0.2, -0.15) is 0 Å². The fourth-order valence-electron chi connectivity index (χ4n) is 1.79. The molecule has 0 atom stereocenters. The van der Waals surface area contributed by atoms with E-state index in [1.54, 1.807) is 24.3 Å². The molecule has 5 nitrogen and oxygen atoms in total. The summed E-state index contributed by atoms with van der Waals surface area (Å²) in [4.78, 5) is 17.9. The number of nitrogens with one attached hydrogen (secondary N) is 1. The number of anilines is 3. The van der Waals surface area contributed by atoms with Crippen molar-refractivity contribution in [3.05, 3.63) is 47.2 Å². The van der Waals surface area contributed by atoms with Crippen molar-refractivity contribution >= 4 is 34.6 Å². The average Bonchev–Trinajstić information content (AvgIpc) is 2.38. The Balaban J connectivity index is 2.19. The number of amides is 1. The van der Waals surface area contributed by atoms with Gasteiger partial charge < -0.3 is 16.0 Å². The van der Waals surface area contributed by atoms with Crippen molar-refractivity contribution in [1.82, 2.24) is 4.98 Å². The molecule has 1 aromatic carbocycles. The van der Waals surface area contributed by atoms with Crippen LogP contribution in [0.1, 0.15) is 10.4 Å². The van der Waals surface area contributed by atoms with E-state index in [1.165, 1.54) is 6.20 Å². The van der Waals surface area contributed by atoms with E-state index in [9.17, 15) is 4.79 Å². The number of benzene rings is 1. The highest BCUT2D eigenvalue weighted by Gasteiger charge is 2.09. The maximum absolute atomic E-state index is 12.1. The quantitative estimate of drug-likeness (QED) is 0.673. The minimum Gasteiger partial charge on any atom is -0.397 e. The molecular formula is C14H15ClN4O. The van der Waals surface area contributed by atoms with E-state index in [0.29, 0.717) is 22.1 Å². The molecule has 0 saturated carbocycles. The van der Waals surface area contributed by atoms with Crippen molar-refractivity contribution < 1.29 is 4.79 Å². The van der Waals surface area contributed by atoms with E-state index in [0.717, 1.165) is 5.69 Å². The SMILES string of the molecule is CN(C)c1ccc(C(=O)Nc2ccnc(Cl)c2)cc1N. The van der Waals surface area contributed by atoms with Crippen LogP contribution in [-0.2, 0) is 0 Å². The lowest BCUT2D eigenvalue weighted by Gasteiger charge is -2.15. The van der Waals surface area contributed by atoms with Gasteiger partial charge in [0.25, 0.3) is 5.91 Å². The van der Waals surface area contributed by atoms with Crippen LogP contribution in [0.2, 0.25) is 5.15 Å². The second-order valence-electron chi connectivity index (χ2n) is 4.49. The summed E-state index contributed by atoms with van der Waals surface area (Å²) in [5.74, 6) is -0.246. The van der Waals surface area contributed by atoms with Gasteiger partial charge in [0.1, 0.15) is 5.15 Å². The Labute approximate surface area is 122 Å². The number of rotatable bonds is 3. The second-order valence-corrected chi connectivity index (χ2v) is 4.88. The van der Waals surface area contributed by atoms with Crippen LogP contribution in [0.4, 0.5) is 17.1 Å². The summed E-state index contributed by atoms with van der Waals surface area (Å²) >= 11 is 5.77. The van der Waals surface area contributed by atoms with E-state index < -0.39 is 0 Å². The van der Waals surface area contributed by atoms with E-state index in [4.69, 9.17) is 17.3 Å². The van der Waals surface area contributed by atoms with Gasteiger partial charge in [-0.25, -0.2) is 4.98 Å². The summed E-state index contributed by atoms with van der Waals surface area (Å²) in [5, 5.41) is 3.07. The normalized spacial score (nSPS) is 10.2. The Morgan fingerprint density at radius 1 is 1.30 bits per heavy atom. The average molecular weight is 291 g/mol. The van der Waals surface area contributed by atoms with Crippen LogP contribution in [0.25, 0.3) is 0 Å². The van der Waals surface area contributed by atoms with Gasteiger partial charge in [0, 0.05) is 31.5 Å². The Kier molecular flexibility index (Phi) is 4.10. The molecule has 0 spiro atoms. The molecule has 1 heterocycles. The fraction of sp³-hybridized carbons (Fsp3) is 0.143. The first-order valence-corrected chi connectivity index (χ1v) is 6.35. The number of nitrogen functional groups attached to an aromatic ring is 1. The van der Waals surface area contributed by atoms with E-state index in [1.807, 2.05) is 25.1 Å². The molecule has 6 heteroatoms. The number of nitrogens with zero attached hydrogens (tertiary/aromatic N) is 2. The number of halogens is 1. The molecule has 0 radical (unpaired) electrons. The van der Waals surface area contributed by atoms with Gasteiger partial charge in [0.15, 0.2) is 0 Å². The van der Waals surface area contributed by atoms with Crippen molar-refractivity contribution in [2.24, 2.45) is 0 Å². The molecule has 0 aliphatic heterocycles. The molecule has 2 aromatic rings. The van der Waals surface area contributed by atoms with Crippen LogP contribution < -0.4 is 16.0 Å².